The van der Waals surface area contributed by atoms with Gasteiger partial charge in [-0.05, 0) is 68.5 Å². The predicted octanol–water partition coefficient (Wildman–Crippen LogP) is 5.43. The first-order valence-electron chi connectivity index (χ1n) is 12.4. The molecule has 0 aliphatic carbocycles. The topological polar surface area (TPSA) is 97.4 Å². The fourth-order valence-corrected chi connectivity index (χ4v) is 3.37. The minimum Gasteiger partial charge on any atom is -0.497 e. The van der Waals surface area contributed by atoms with Crippen LogP contribution < -0.4 is 14.2 Å². The number of benzene rings is 2. The summed E-state index contributed by atoms with van der Waals surface area (Å²) in [6.07, 6.45) is 7.59. The van der Waals surface area contributed by atoms with Crippen molar-refractivity contribution in [3.8, 4) is 17.2 Å². The first-order chi connectivity index (χ1) is 18.0. The molecule has 0 atom stereocenters. The molecule has 37 heavy (non-hydrogen) atoms. The van der Waals surface area contributed by atoms with Crippen LogP contribution in [0.2, 0.25) is 0 Å². The lowest BCUT2D eigenvalue weighted by atomic mass is 10.0. The number of rotatable bonds is 17. The van der Waals surface area contributed by atoms with Gasteiger partial charge in [-0.1, -0.05) is 24.3 Å². The molecule has 2 aromatic rings. The van der Waals surface area contributed by atoms with Crippen LogP contribution in [0.1, 0.15) is 61.4 Å². The van der Waals surface area contributed by atoms with E-state index >= 15 is 0 Å². The van der Waals surface area contributed by atoms with E-state index in [1.165, 1.54) is 7.11 Å². The molecule has 0 radical (unpaired) electrons. The van der Waals surface area contributed by atoms with Gasteiger partial charge in [-0.15, -0.1) is 0 Å². The first kappa shape index (κ1) is 29.4. The summed E-state index contributed by atoms with van der Waals surface area (Å²) in [5.74, 6) is 0.574. The summed E-state index contributed by atoms with van der Waals surface area (Å²) < 4.78 is 26.2. The summed E-state index contributed by atoms with van der Waals surface area (Å²) >= 11 is 0. The molecule has 8 heteroatoms. The zero-order valence-electron chi connectivity index (χ0n) is 21.8. The Morgan fingerprint density at radius 1 is 0.838 bits per heavy atom. The van der Waals surface area contributed by atoms with Crippen molar-refractivity contribution in [3.05, 3.63) is 59.7 Å². The van der Waals surface area contributed by atoms with Gasteiger partial charge in [0.1, 0.15) is 5.75 Å². The van der Waals surface area contributed by atoms with E-state index in [0.29, 0.717) is 30.1 Å². The van der Waals surface area contributed by atoms with Crippen LogP contribution >= 0.6 is 0 Å². The Bertz CT molecular complexity index is 1030. The molecule has 0 bridgehead atoms. The van der Waals surface area contributed by atoms with Crippen molar-refractivity contribution >= 4 is 23.8 Å². The molecule has 2 rings (SSSR count). The molecule has 0 aliphatic rings. The zero-order valence-corrected chi connectivity index (χ0v) is 21.8. The van der Waals surface area contributed by atoms with Gasteiger partial charge in [0.25, 0.3) is 0 Å². The third kappa shape index (κ3) is 11.2. The van der Waals surface area contributed by atoms with Crippen molar-refractivity contribution in [2.75, 3.05) is 34.0 Å². The van der Waals surface area contributed by atoms with Crippen molar-refractivity contribution in [2.24, 2.45) is 0 Å². The van der Waals surface area contributed by atoms with Crippen molar-refractivity contribution in [1.29, 1.82) is 0 Å². The maximum Gasteiger partial charge on any atom is 0.344 e. The van der Waals surface area contributed by atoms with Gasteiger partial charge in [0.15, 0.2) is 23.9 Å². The minimum absolute atomic E-state index is 0.139. The van der Waals surface area contributed by atoms with E-state index < -0.39 is 5.97 Å². The summed E-state index contributed by atoms with van der Waals surface area (Å²) in [6, 6.07) is 12.7. The number of carbonyl (C=O) groups excluding carboxylic acids is 3. The lowest BCUT2D eigenvalue weighted by Gasteiger charge is -2.14. The molecular weight excluding hydrogens is 476 g/mol. The molecule has 0 aromatic heterocycles. The third-order valence-corrected chi connectivity index (χ3v) is 5.38. The number of ketones is 1. The molecule has 0 N–H and O–H groups in total. The van der Waals surface area contributed by atoms with E-state index in [1.54, 1.807) is 32.2 Å². The second-order valence-corrected chi connectivity index (χ2v) is 8.13. The Labute approximate surface area is 218 Å². The monoisotopic (exact) mass is 512 g/mol. The Morgan fingerprint density at radius 3 is 2.32 bits per heavy atom. The summed E-state index contributed by atoms with van der Waals surface area (Å²) in [5, 5.41) is 0. The highest BCUT2D eigenvalue weighted by Crippen LogP contribution is 2.29. The molecule has 200 valence electrons. The highest BCUT2D eigenvalue weighted by atomic mass is 16.6. The number of hydrogen-bond acceptors (Lipinski definition) is 8. The molecule has 0 spiro atoms. The quantitative estimate of drug-likeness (QED) is 0.157. The molecule has 0 fully saturated rings. The number of hydrogen-bond donors (Lipinski definition) is 0. The third-order valence-electron chi connectivity index (χ3n) is 5.38. The highest BCUT2D eigenvalue weighted by molar-refractivity contribution is 5.96. The number of allylic oxidation sites excluding steroid dienone is 1. The fraction of sp³-hybridized carbons (Fsp3) is 0.414. The number of esters is 2. The molecule has 0 amide bonds. The summed E-state index contributed by atoms with van der Waals surface area (Å²) in [7, 11) is 2.96. The van der Waals surface area contributed by atoms with Gasteiger partial charge in [-0.2, -0.15) is 0 Å². The van der Waals surface area contributed by atoms with Gasteiger partial charge in [-0.3, -0.25) is 9.59 Å². The van der Waals surface area contributed by atoms with E-state index in [0.717, 1.165) is 30.6 Å². The van der Waals surface area contributed by atoms with Gasteiger partial charge in [0.05, 0.1) is 27.4 Å². The molecule has 0 aliphatic heterocycles. The molecule has 0 heterocycles. The van der Waals surface area contributed by atoms with Crippen molar-refractivity contribution in [2.45, 2.75) is 45.4 Å². The van der Waals surface area contributed by atoms with E-state index in [-0.39, 0.29) is 37.8 Å². The van der Waals surface area contributed by atoms with Crippen LogP contribution in [-0.4, -0.2) is 51.8 Å². The SMILES string of the molecule is CCOC(=O)COc1cc(C(=O)CCCC(=O)OC)ccc1OCCCC/C=C/c1ccc(OC)cc1. The van der Waals surface area contributed by atoms with Gasteiger partial charge >= 0.3 is 11.9 Å². The average molecular weight is 513 g/mol. The van der Waals surface area contributed by atoms with Gasteiger partial charge in [0.2, 0.25) is 0 Å². The van der Waals surface area contributed by atoms with E-state index in [4.69, 9.17) is 18.9 Å². The predicted molar refractivity (Wildman–Crippen MR) is 140 cm³/mol. The van der Waals surface area contributed by atoms with Gasteiger partial charge in [0, 0.05) is 18.4 Å². The molecule has 2 aromatic carbocycles. The van der Waals surface area contributed by atoms with Crippen LogP contribution in [-0.2, 0) is 19.1 Å². The minimum atomic E-state index is -0.507. The summed E-state index contributed by atoms with van der Waals surface area (Å²) in [6.45, 7) is 2.13. The number of ether oxygens (including phenoxy) is 5. The Balaban J connectivity index is 1.89. The maximum atomic E-state index is 12.6. The smallest absolute Gasteiger partial charge is 0.344 e. The highest BCUT2D eigenvalue weighted by Gasteiger charge is 2.14. The van der Waals surface area contributed by atoms with Crippen LogP contribution in [0.5, 0.6) is 17.2 Å². The maximum absolute atomic E-state index is 12.6. The van der Waals surface area contributed by atoms with Gasteiger partial charge in [-0.25, -0.2) is 4.79 Å². The van der Waals surface area contributed by atoms with E-state index in [9.17, 15) is 14.4 Å². The second-order valence-electron chi connectivity index (χ2n) is 8.13. The number of Topliss-reactive ketones (excluding diaryl/α,β-unsaturated/α-hetero) is 1. The lowest BCUT2D eigenvalue weighted by Crippen LogP contribution is -2.15. The standard InChI is InChI=1S/C29H36O8/c1-4-35-29(32)21-37-27-20-23(25(30)11-9-12-28(31)34-3)15-18-26(27)36-19-8-6-5-7-10-22-13-16-24(33-2)17-14-22/h7,10,13-18,20H,4-6,8-9,11-12,19,21H2,1-3H3/b10-7+. The lowest BCUT2D eigenvalue weighted by molar-refractivity contribution is -0.145. The number of unbranched alkanes of at least 4 members (excludes halogenated alkanes) is 2. The summed E-state index contributed by atoms with van der Waals surface area (Å²) in [5.41, 5.74) is 1.53. The first-order valence-corrected chi connectivity index (χ1v) is 12.4. The Morgan fingerprint density at radius 2 is 1.62 bits per heavy atom. The second kappa shape index (κ2) is 16.8. The zero-order chi connectivity index (χ0) is 26.9. The van der Waals surface area contributed by atoms with Crippen LogP contribution in [0.4, 0.5) is 0 Å². The molecular formula is C29H36O8. The number of methoxy groups -OCH3 is 2. The Hall–Kier alpha value is -3.81. The molecule has 0 saturated carbocycles. The summed E-state index contributed by atoms with van der Waals surface area (Å²) in [4.78, 5) is 35.6. The van der Waals surface area contributed by atoms with Crippen LogP contribution in [0.3, 0.4) is 0 Å². The van der Waals surface area contributed by atoms with Crippen LogP contribution in [0, 0.1) is 0 Å². The van der Waals surface area contributed by atoms with Gasteiger partial charge < -0.3 is 23.7 Å². The van der Waals surface area contributed by atoms with Crippen LogP contribution in [0.25, 0.3) is 6.08 Å². The average Bonchev–Trinajstić information content (AvgIpc) is 2.92. The van der Waals surface area contributed by atoms with Crippen molar-refractivity contribution in [1.82, 2.24) is 0 Å². The van der Waals surface area contributed by atoms with Crippen LogP contribution in [0.15, 0.2) is 48.5 Å². The van der Waals surface area contributed by atoms with E-state index in [2.05, 4.69) is 16.9 Å². The Kier molecular flexibility index (Phi) is 13.3. The van der Waals surface area contributed by atoms with Crippen molar-refractivity contribution in [3.63, 3.8) is 0 Å². The fourth-order valence-electron chi connectivity index (χ4n) is 3.37. The number of carbonyl (C=O) groups is 3. The van der Waals surface area contributed by atoms with E-state index in [1.807, 2.05) is 24.3 Å². The van der Waals surface area contributed by atoms with Crippen molar-refractivity contribution < 1.29 is 38.1 Å². The molecule has 0 unspecified atom stereocenters. The molecule has 8 nitrogen and oxygen atoms in total. The molecule has 0 saturated heterocycles. The normalized spacial score (nSPS) is 10.7. The largest absolute Gasteiger partial charge is 0.497 e.